The topological polar surface area (TPSA) is 60.0 Å². The summed E-state index contributed by atoms with van der Waals surface area (Å²) >= 11 is 5.26. The van der Waals surface area contributed by atoms with Gasteiger partial charge in [0, 0.05) is 12.1 Å². The Hall–Kier alpha value is -2.28. The van der Waals surface area contributed by atoms with E-state index in [2.05, 4.69) is 5.32 Å². The van der Waals surface area contributed by atoms with Gasteiger partial charge in [0.15, 0.2) is 16.6 Å². The first-order valence-corrected chi connectivity index (χ1v) is 7.97. The van der Waals surface area contributed by atoms with Gasteiger partial charge in [-0.05, 0) is 36.3 Å². The van der Waals surface area contributed by atoms with Crippen molar-refractivity contribution in [2.24, 2.45) is 5.92 Å². The number of hydrogen-bond acceptors (Lipinski definition) is 5. The lowest BCUT2D eigenvalue weighted by molar-refractivity contribution is -0.122. The predicted octanol–water partition coefficient (Wildman–Crippen LogP) is 2.43. The van der Waals surface area contributed by atoms with Crippen LogP contribution in [-0.4, -0.2) is 43.8 Å². The molecule has 0 spiro atoms. The van der Waals surface area contributed by atoms with E-state index in [0.29, 0.717) is 46.1 Å². The molecule has 0 aromatic heterocycles. The van der Waals surface area contributed by atoms with E-state index in [1.54, 1.807) is 37.3 Å². The van der Waals surface area contributed by atoms with Crippen LogP contribution in [-0.2, 0) is 4.79 Å². The van der Waals surface area contributed by atoms with Gasteiger partial charge >= 0.3 is 0 Å². The van der Waals surface area contributed by atoms with Crippen LogP contribution in [0.5, 0.6) is 17.2 Å². The number of benzene rings is 1. The van der Waals surface area contributed by atoms with Crippen molar-refractivity contribution in [3.63, 3.8) is 0 Å². The Morgan fingerprint density at radius 3 is 2.38 bits per heavy atom. The molecular weight excluding hydrogens is 328 g/mol. The molecule has 0 saturated carbocycles. The molecule has 1 heterocycles. The molecule has 7 heteroatoms. The lowest BCUT2D eigenvalue weighted by Crippen LogP contribution is -2.33. The van der Waals surface area contributed by atoms with Crippen molar-refractivity contribution in [3.05, 3.63) is 23.4 Å². The highest BCUT2D eigenvalue weighted by molar-refractivity contribution is 7.80. The minimum absolute atomic E-state index is 0.148. The molecule has 1 aromatic rings. The second-order valence-corrected chi connectivity index (χ2v) is 6.11. The molecule has 0 atom stereocenters. The summed E-state index contributed by atoms with van der Waals surface area (Å²) in [6.45, 7) is 4.65. The average Bonchev–Trinajstić information content (AvgIpc) is 2.81. The molecule has 6 nitrogen and oxygen atoms in total. The Labute approximate surface area is 147 Å². The fraction of sp³-hybridized carbons (Fsp3) is 0.412. The van der Waals surface area contributed by atoms with Crippen LogP contribution in [0.15, 0.2) is 17.8 Å². The van der Waals surface area contributed by atoms with Crippen molar-refractivity contribution in [3.8, 4) is 17.2 Å². The van der Waals surface area contributed by atoms with E-state index in [1.165, 1.54) is 7.11 Å². The third-order valence-electron chi connectivity index (χ3n) is 3.54. The SMILES string of the molecule is COc1ccc(/C=C2/NC(=S)N(CC(C)C)C2=O)c(OC)c1OC. The van der Waals surface area contributed by atoms with E-state index in [9.17, 15) is 4.79 Å². The van der Waals surface area contributed by atoms with Crippen molar-refractivity contribution in [2.45, 2.75) is 13.8 Å². The van der Waals surface area contributed by atoms with Gasteiger partial charge in [0.05, 0.1) is 21.3 Å². The third kappa shape index (κ3) is 3.46. The summed E-state index contributed by atoms with van der Waals surface area (Å²) in [5.41, 5.74) is 1.10. The van der Waals surface area contributed by atoms with Crippen LogP contribution in [0.25, 0.3) is 6.08 Å². The Morgan fingerprint density at radius 1 is 1.17 bits per heavy atom. The number of thiocarbonyl (C=S) groups is 1. The number of hydrogen-bond donors (Lipinski definition) is 1. The number of amides is 1. The Kier molecular flexibility index (Phi) is 5.66. The molecule has 0 unspecified atom stereocenters. The molecule has 2 rings (SSSR count). The van der Waals surface area contributed by atoms with E-state index >= 15 is 0 Å². The smallest absolute Gasteiger partial charge is 0.276 e. The number of carbonyl (C=O) groups excluding carboxylic acids is 1. The fourth-order valence-corrected chi connectivity index (χ4v) is 2.76. The van der Waals surface area contributed by atoms with E-state index in [1.807, 2.05) is 13.8 Å². The highest BCUT2D eigenvalue weighted by atomic mass is 32.1. The lowest BCUT2D eigenvalue weighted by atomic mass is 10.1. The summed E-state index contributed by atoms with van der Waals surface area (Å²) in [6.07, 6.45) is 1.70. The van der Waals surface area contributed by atoms with Gasteiger partial charge < -0.3 is 19.5 Å². The van der Waals surface area contributed by atoms with Crippen LogP contribution in [0.4, 0.5) is 0 Å². The summed E-state index contributed by atoms with van der Waals surface area (Å²) in [5, 5.41) is 3.38. The maximum absolute atomic E-state index is 12.5. The van der Waals surface area contributed by atoms with Gasteiger partial charge in [0.2, 0.25) is 5.75 Å². The minimum Gasteiger partial charge on any atom is -0.493 e. The molecular formula is C17H22N2O4S. The van der Waals surface area contributed by atoms with Gasteiger partial charge in [-0.1, -0.05) is 13.8 Å². The molecule has 24 heavy (non-hydrogen) atoms. The van der Waals surface area contributed by atoms with Crippen LogP contribution >= 0.6 is 12.2 Å². The predicted molar refractivity (Wildman–Crippen MR) is 96.4 cm³/mol. The standard InChI is InChI=1S/C17H22N2O4S/c1-10(2)9-19-16(20)12(18-17(19)24)8-11-6-7-13(21-3)15(23-5)14(11)22-4/h6-8,10H,9H2,1-5H3,(H,18,24)/b12-8+. The van der Waals surface area contributed by atoms with Crippen LogP contribution in [0, 0.1) is 5.92 Å². The fourth-order valence-electron chi connectivity index (χ4n) is 2.50. The minimum atomic E-state index is -0.148. The second kappa shape index (κ2) is 7.53. The monoisotopic (exact) mass is 350 g/mol. The molecule has 1 aliphatic rings. The van der Waals surface area contributed by atoms with Crippen LogP contribution in [0.1, 0.15) is 19.4 Å². The quantitative estimate of drug-likeness (QED) is 0.628. The van der Waals surface area contributed by atoms with Gasteiger partial charge in [-0.2, -0.15) is 0 Å². The van der Waals surface area contributed by atoms with E-state index in [4.69, 9.17) is 26.4 Å². The van der Waals surface area contributed by atoms with Crippen LogP contribution in [0.3, 0.4) is 0 Å². The van der Waals surface area contributed by atoms with Gasteiger partial charge in [-0.3, -0.25) is 9.69 Å². The maximum atomic E-state index is 12.5. The zero-order chi connectivity index (χ0) is 17.9. The van der Waals surface area contributed by atoms with Crippen molar-refractivity contribution in [1.29, 1.82) is 0 Å². The van der Waals surface area contributed by atoms with E-state index in [-0.39, 0.29) is 5.91 Å². The van der Waals surface area contributed by atoms with Crippen molar-refractivity contribution in [1.82, 2.24) is 10.2 Å². The summed E-state index contributed by atoms with van der Waals surface area (Å²) in [6, 6.07) is 3.56. The summed E-state index contributed by atoms with van der Waals surface area (Å²) in [4.78, 5) is 14.1. The van der Waals surface area contributed by atoms with Gasteiger partial charge in [0.25, 0.3) is 5.91 Å². The Morgan fingerprint density at radius 2 is 1.83 bits per heavy atom. The number of carbonyl (C=O) groups is 1. The Bertz CT molecular complexity index is 685. The number of ether oxygens (including phenoxy) is 3. The molecule has 1 saturated heterocycles. The average molecular weight is 350 g/mol. The molecule has 0 bridgehead atoms. The van der Waals surface area contributed by atoms with Crippen molar-refractivity contribution >= 4 is 29.3 Å². The molecule has 1 N–H and O–H groups in total. The summed E-state index contributed by atoms with van der Waals surface area (Å²) < 4.78 is 16.1. The van der Waals surface area contributed by atoms with Crippen LogP contribution in [0.2, 0.25) is 0 Å². The van der Waals surface area contributed by atoms with Gasteiger partial charge in [0.1, 0.15) is 5.70 Å². The molecule has 1 aromatic carbocycles. The molecule has 130 valence electrons. The number of nitrogens with one attached hydrogen (secondary N) is 1. The first-order valence-electron chi connectivity index (χ1n) is 7.56. The second-order valence-electron chi connectivity index (χ2n) is 5.72. The Balaban J connectivity index is 2.41. The first-order chi connectivity index (χ1) is 11.4. The van der Waals surface area contributed by atoms with E-state index in [0.717, 1.165) is 0 Å². The highest BCUT2D eigenvalue weighted by Gasteiger charge is 2.31. The summed E-state index contributed by atoms with van der Waals surface area (Å²) in [5.74, 6) is 1.70. The number of rotatable bonds is 6. The van der Waals surface area contributed by atoms with Crippen molar-refractivity contribution < 1.29 is 19.0 Å². The van der Waals surface area contributed by atoms with Gasteiger partial charge in [-0.25, -0.2) is 0 Å². The number of methoxy groups -OCH3 is 3. The molecule has 1 fully saturated rings. The normalized spacial score (nSPS) is 15.9. The van der Waals surface area contributed by atoms with Gasteiger partial charge in [-0.15, -0.1) is 0 Å². The van der Waals surface area contributed by atoms with E-state index < -0.39 is 0 Å². The first kappa shape index (κ1) is 18.1. The van der Waals surface area contributed by atoms with Crippen LogP contribution < -0.4 is 19.5 Å². The zero-order valence-electron chi connectivity index (χ0n) is 14.5. The molecule has 1 aliphatic heterocycles. The lowest BCUT2D eigenvalue weighted by Gasteiger charge is -2.16. The maximum Gasteiger partial charge on any atom is 0.276 e. The molecule has 1 amide bonds. The third-order valence-corrected chi connectivity index (χ3v) is 3.87. The highest BCUT2D eigenvalue weighted by Crippen LogP contribution is 2.40. The number of nitrogens with zero attached hydrogens (tertiary/aromatic N) is 1. The summed E-state index contributed by atoms with van der Waals surface area (Å²) in [7, 11) is 4.63. The molecule has 0 radical (unpaired) electrons. The largest absolute Gasteiger partial charge is 0.493 e. The zero-order valence-corrected chi connectivity index (χ0v) is 15.3. The van der Waals surface area contributed by atoms with Crippen molar-refractivity contribution in [2.75, 3.05) is 27.9 Å². The molecule has 0 aliphatic carbocycles.